The van der Waals surface area contributed by atoms with E-state index in [1.807, 2.05) is 0 Å². The Morgan fingerprint density at radius 3 is 1.82 bits per heavy atom. The van der Waals surface area contributed by atoms with Gasteiger partial charge in [0.05, 0.1) is 41.9 Å². The number of rotatable bonds is 11. The number of methoxy groups -OCH3 is 2. The zero-order valence-electron chi connectivity index (χ0n) is 22.6. The van der Waals surface area contributed by atoms with Gasteiger partial charge in [-0.1, -0.05) is 18.2 Å². The van der Waals surface area contributed by atoms with Gasteiger partial charge in [0.1, 0.15) is 11.4 Å². The van der Waals surface area contributed by atoms with E-state index in [-0.39, 0.29) is 0 Å². The fourth-order valence-electron chi connectivity index (χ4n) is 3.86. The van der Waals surface area contributed by atoms with E-state index in [0.717, 1.165) is 14.2 Å². The molecule has 0 unspecified atom stereocenters. The van der Waals surface area contributed by atoms with Crippen LogP contribution in [0.2, 0.25) is 0 Å². The van der Waals surface area contributed by atoms with Gasteiger partial charge >= 0.3 is 26.1 Å². The van der Waals surface area contributed by atoms with Crippen LogP contribution in [0.15, 0.2) is 69.5 Å². The van der Waals surface area contributed by atoms with E-state index in [0.29, 0.717) is 40.2 Å². The predicted octanol–water partition coefficient (Wildman–Crippen LogP) is 1.22. The third kappa shape index (κ3) is 6.59. The molecular formula is C22H20N8O13S2. The summed E-state index contributed by atoms with van der Waals surface area (Å²) < 4.78 is 78.2. The van der Waals surface area contributed by atoms with Gasteiger partial charge in [0.25, 0.3) is 11.4 Å². The van der Waals surface area contributed by atoms with E-state index in [4.69, 9.17) is 9.47 Å². The molecular weight excluding hydrogens is 648 g/mol. The highest BCUT2D eigenvalue weighted by Gasteiger charge is 2.38. The number of hydrazone groups is 1. The van der Waals surface area contributed by atoms with Crippen LogP contribution in [-0.4, -0.2) is 61.8 Å². The molecule has 21 nitrogen and oxygen atoms in total. The third-order valence-electron chi connectivity index (χ3n) is 5.82. The predicted molar refractivity (Wildman–Crippen MR) is 153 cm³/mol. The number of ether oxygens (including phenoxy) is 2. The highest BCUT2D eigenvalue weighted by Crippen LogP contribution is 2.43. The average molecular weight is 669 g/mol. The number of hydrazine groups is 3. The molecule has 0 bridgehead atoms. The molecule has 0 radical (unpaired) electrons. The SMILES string of the molecule is COc1cc([N+](=O)[O-])c(S(=O)(=O)O)cc1N1N=C(C(=O)NNc2ccccc2)NN1c1cc(S(=O)(=O)O)c([N+](=O)[O-])cc1OC. The number of amidine groups is 1. The van der Waals surface area contributed by atoms with Gasteiger partial charge in [-0.25, -0.2) is 0 Å². The van der Waals surface area contributed by atoms with Gasteiger partial charge in [-0.15, -0.1) is 10.2 Å². The number of hydrogen-bond acceptors (Lipinski definition) is 16. The maximum absolute atomic E-state index is 13.1. The molecule has 238 valence electrons. The second kappa shape index (κ2) is 12.1. The highest BCUT2D eigenvalue weighted by atomic mass is 32.2. The number of carbonyl (C=O) groups excluding carboxylic acids is 1. The van der Waals surface area contributed by atoms with Gasteiger partial charge in [0, 0.05) is 0 Å². The number of carbonyl (C=O) groups is 1. The Labute approximate surface area is 252 Å². The van der Waals surface area contributed by atoms with Gasteiger partial charge in [0.2, 0.25) is 5.84 Å². The monoisotopic (exact) mass is 668 g/mol. The summed E-state index contributed by atoms with van der Waals surface area (Å²) in [4.78, 5) is 31.6. The molecule has 3 aromatic rings. The summed E-state index contributed by atoms with van der Waals surface area (Å²) in [7, 11) is -8.47. The van der Waals surface area contributed by atoms with Crippen molar-refractivity contribution in [2.24, 2.45) is 5.10 Å². The zero-order chi connectivity index (χ0) is 33.3. The number of nitro groups is 2. The molecule has 23 heteroatoms. The Morgan fingerprint density at radius 1 is 0.867 bits per heavy atom. The molecule has 0 aromatic heterocycles. The first kappa shape index (κ1) is 32.1. The molecule has 0 fully saturated rings. The summed E-state index contributed by atoms with van der Waals surface area (Å²) in [5.41, 5.74) is 4.62. The fourth-order valence-corrected chi connectivity index (χ4v) is 5.18. The van der Waals surface area contributed by atoms with Gasteiger partial charge in [-0.2, -0.15) is 22.0 Å². The van der Waals surface area contributed by atoms with Crippen LogP contribution in [0.3, 0.4) is 0 Å². The lowest BCUT2D eigenvalue weighted by Crippen LogP contribution is -2.49. The lowest BCUT2D eigenvalue weighted by atomic mass is 10.2. The minimum Gasteiger partial charge on any atom is -0.494 e. The number of anilines is 3. The minimum atomic E-state index is -5.27. The maximum atomic E-state index is 13.1. The molecule has 1 aliphatic heterocycles. The topological polar surface area (TPSA) is 285 Å². The van der Waals surface area contributed by atoms with Crippen LogP contribution >= 0.6 is 0 Å². The number of nitro benzene ring substituents is 2. The van der Waals surface area contributed by atoms with Gasteiger partial charge in [-0.05, 0) is 24.3 Å². The van der Waals surface area contributed by atoms with Crippen molar-refractivity contribution in [2.45, 2.75) is 9.79 Å². The summed E-state index contributed by atoms with van der Waals surface area (Å²) >= 11 is 0. The molecule has 1 aliphatic rings. The normalized spacial score (nSPS) is 13.0. The van der Waals surface area contributed by atoms with E-state index < -0.39 is 85.9 Å². The zero-order valence-corrected chi connectivity index (χ0v) is 24.3. The minimum absolute atomic E-state index is 0.433. The van der Waals surface area contributed by atoms with Crippen molar-refractivity contribution < 1.29 is 50.1 Å². The quantitative estimate of drug-likeness (QED) is 0.109. The molecule has 3 aromatic carbocycles. The first-order valence-corrected chi connectivity index (χ1v) is 14.7. The highest BCUT2D eigenvalue weighted by molar-refractivity contribution is 7.86. The van der Waals surface area contributed by atoms with E-state index in [1.54, 1.807) is 30.3 Å². The van der Waals surface area contributed by atoms with Crippen LogP contribution in [0, 0.1) is 20.2 Å². The molecule has 5 N–H and O–H groups in total. The van der Waals surface area contributed by atoms with Crippen LogP contribution in [0.4, 0.5) is 28.4 Å². The smallest absolute Gasteiger partial charge is 0.308 e. The van der Waals surface area contributed by atoms with E-state index in [2.05, 4.69) is 21.4 Å². The fraction of sp³-hybridized carbons (Fsp3) is 0.0909. The first-order chi connectivity index (χ1) is 21.1. The third-order valence-corrected chi connectivity index (χ3v) is 7.58. The van der Waals surface area contributed by atoms with Crippen LogP contribution < -0.4 is 36.0 Å². The number of hydrogen-bond donors (Lipinski definition) is 5. The average Bonchev–Trinajstić information content (AvgIpc) is 3.43. The molecule has 0 saturated carbocycles. The summed E-state index contributed by atoms with van der Waals surface area (Å²) in [6, 6.07) is 10.6. The Morgan fingerprint density at radius 2 is 1.36 bits per heavy atom. The van der Waals surface area contributed by atoms with E-state index >= 15 is 0 Å². The van der Waals surface area contributed by atoms with Crippen molar-refractivity contribution in [3.8, 4) is 11.5 Å². The Balaban J connectivity index is 1.95. The summed E-state index contributed by atoms with van der Waals surface area (Å²) in [5, 5.41) is 28.6. The molecule has 1 amide bonds. The molecule has 0 atom stereocenters. The molecule has 0 spiro atoms. The van der Waals surface area contributed by atoms with Crippen molar-refractivity contribution >= 4 is 60.4 Å². The lowest BCUT2D eigenvalue weighted by molar-refractivity contribution is -0.388. The molecule has 4 rings (SSSR count). The number of amides is 1. The van der Waals surface area contributed by atoms with Crippen LogP contribution in [0.25, 0.3) is 0 Å². The Kier molecular flexibility index (Phi) is 8.62. The number of para-hydroxylation sites is 1. The van der Waals surface area contributed by atoms with Crippen LogP contribution in [-0.2, 0) is 25.0 Å². The van der Waals surface area contributed by atoms with Gasteiger partial charge in [0.15, 0.2) is 21.3 Å². The Bertz CT molecular complexity index is 1950. The standard InChI is InChI=1S/C22H20N8O13S2/c1-42-17-8-15(29(32)33)19(44(36,37)38)10-13(17)27-25-21(22(31)24-23-12-6-4-3-5-7-12)26-28(27)14-11-20(45(39,40)41)16(30(34)35)9-18(14)43-2/h3-11,23H,1-2H3,(H,24,31)(H,25,26)(H,36,37,38)(H,39,40,41). The maximum Gasteiger partial charge on any atom is 0.308 e. The molecule has 1 heterocycles. The van der Waals surface area contributed by atoms with Crippen LogP contribution in [0.5, 0.6) is 11.5 Å². The van der Waals surface area contributed by atoms with E-state index in [1.165, 1.54) is 0 Å². The molecule has 0 aliphatic carbocycles. The molecule has 45 heavy (non-hydrogen) atoms. The summed E-state index contributed by atoms with van der Waals surface area (Å²) in [6.07, 6.45) is 0. The summed E-state index contributed by atoms with van der Waals surface area (Å²) in [6.45, 7) is 0. The number of benzene rings is 3. The first-order valence-electron chi connectivity index (χ1n) is 11.8. The van der Waals surface area contributed by atoms with Crippen molar-refractivity contribution in [3.63, 3.8) is 0 Å². The second-order valence-corrected chi connectivity index (χ2v) is 11.3. The number of nitrogens with zero attached hydrogens (tertiary/aromatic N) is 5. The Hall–Kier alpha value is -5.78. The van der Waals surface area contributed by atoms with Crippen molar-refractivity contribution in [1.29, 1.82) is 0 Å². The van der Waals surface area contributed by atoms with Crippen molar-refractivity contribution in [3.05, 3.63) is 74.8 Å². The van der Waals surface area contributed by atoms with E-state index in [9.17, 15) is 51.0 Å². The largest absolute Gasteiger partial charge is 0.494 e. The lowest BCUT2D eigenvalue weighted by Gasteiger charge is -2.30. The summed E-state index contributed by atoms with van der Waals surface area (Å²) in [5.74, 6) is -2.48. The van der Waals surface area contributed by atoms with Gasteiger partial charge in [-0.3, -0.25) is 50.4 Å². The second-order valence-electron chi connectivity index (χ2n) is 8.55. The van der Waals surface area contributed by atoms with Crippen molar-refractivity contribution in [2.75, 3.05) is 29.9 Å². The van der Waals surface area contributed by atoms with Gasteiger partial charge < -0.3 is 9.47 Å². The number of nitrogens with one attached hydrogen (secondary N) is 3. The molecule has 0 saturated heterocycles. The van der Waals surface area contributed by atoms with Crippen LogP contribution in [0.1, 0.15) is 0 Å². The van der Waals surface area contributed by atoms with Crippen molar-refractivity contribution in [1.82, 2.24) is 10.9 Å².